The fraction of sp³-hybridized carbons (Fsp3) is 1.00. The van der Waals surface area contributed by atoms with Gasteiger partial charge in [0.25, 0.3) is 10.2 Å². The van der Waals surface area contributed by atoms with E-state index in [0.29, 0.717) is 13.1 Å². The van der Waals surface area contributed by atoms with E-state index >= 15 is 0 Å². The summed E-state index contributed by atoms with van der Waals surface area (Å²) in [5, 5.41) is 3.37. The lowest BCUT2D eigenvalue weighted by molar-refractivity contribution is 0.181. The molecular formula is C10H24ClN3O2S. The Bertz CT molecular complexity index is 320. The van der Waals surface area contributed by atoms with E-state index in [0.717, 1.165) is 19.4 Å². The number of halogens is 1. The summed E-state index contributed by atoms with van der Waals surface area (Å²) in [6.07, 6.45) is 2.29. The van der Waals surface area contributed by atoms with E-state index in [1.165, 1.54) is 0 Å². The van der Waals surface area contributed by atoms with Gasteiger partial charge < -0.3 is 5.32 Å². The average Bonchev–Trinajstić information content (AvgIpc) is 2.15. The fourth-order valence-corrected chi connectivity index (χ4v) is 2.92. The van der Waals surface area contributed by atoms with E-state index in [4.69, 9.17) is 0 Å². The molecule has 0 bridgehead atoms. The molecular weight excluding hydrogens is 262 g/mol. The molecule has 104 valence electrons. The van der Waals surface area contributed by atoms with Crippen LogP contribution in [0.4, 0.5) is 0 Å². The Morgan fingerprint density at radius 3 is 2.53 bits per heavy atom. The third-order valence-corrected chi connectivity index (χ3v) is 4.36. The average molecular weight is 286 g/mol. The molecule has 0 spiro atoms. The van der Waals surface area contributed by atoms with Gasteiger partial charge in [0.15, 0.2) is 0 Å². The summed E-state index contributed by atoms with van der Waals surface area (Å²) in [6.45, 7) is 7.94. The second kappa shape index (κ2) is 6.89. The second-order valence-corrected chi connectivity index (χ2v) is 6.53. The molecule has 1 aliphatic heterocycles. The monoisotopic (exact) mass is 285 g/mol. The van der Waals surface area contributed by atoms with Crippen LogP contribution in [0.3, 0.4) is 0 Å². The summed E-state index contributed by atoms with van der Waals surface area (Å²) >= 11 is 0. The minimum atomic E-state index is -3.32. The summed E-state index contributed by atoms with van der Waals surface area (Å²) in [7, 11) is -3.32. The summed E-state index contributed by atoms with van der Waals surface area (Å²) in [6, 6.07) is 0.203. The van der Waals surface area contributed by atoms with Gasteiger partial charge in [-0.3, -0.25) is 0 Å². The molecule has 1 aliphatic rings. The SMILES string of the molecule is CCNS(=O)(=O)NCC1NCCCC1(C)C.Cl. The second-order valence-electron chi connectivity index (χ2n) is 4.95. The maximum Gasteiger partial charge on any atom is 0.276 e. The third kappa shape index (κ3) is 5.52. The zero-order chi connectivity index (χ0) is 12.2. The van der Waals surface area contributed by atoms with Crippen molar-refractivity contribution in [2.45, 2.75) is 39.7 Å². The highest BCUT2D eigenvalue weighted by Gasteiger charge is 2.32. The number of rotatable bonds is 5. The highest BCUT2D eigenvalue weighted by molar-refractivity contribution is 7.87. The summed E-state index contributed by atoms with van der Waals surface area (Å²) < 4.78 is 27.9. The minimum absolute atomic E-state index is 0. The van der Waals surface area contributed by atoms with Crippen LogP contribution in [0.2, 0.25) is 0 Å². The number of nitrogens with one attached hydrogen (secondary N) is 3. The van der Waals surface area contributed by atoms with Gasteiger partial charge in [-0.15, -0.1) is 12.4 Å². The third-order valence-electron chi connectivity index (χ3n) is 3.14. The van der Waals surface area contributed by atoms with Crippen LogP contribution in [0.25, 0.3) is 0 Å². The Labute approximate surface area is 111 Å². The predicted molar refractivity (Wildman–Crippen MR) is 72.7 cm³/mol. The Morgan fingerprint density at radius 1 is 1.35 bits per heavy atom. The molecule has 1 atom stereocenters. The van der Waals surface area contributed by atoms with Gasteiger partial charge in [-0.05, 0) is 24.8 Å². The Morgan fingerprint density at radius 2 is 2.00 bits per heavy atom. The van der Waals surface area contributed by atoms with Crippen LogP contribution in [-0.2, 0) is 10.2 Å². The molecule has 0 aliphatic carbocycles. The molecule has 1 unspecified atom stereocenters. The zero-order valence-corrected chi connectivity index (χ0v) is 12.4. The van der Waals surface area contributed by atoms with E-state index in [2.05, 4.69) is 28.6 Å². The molecule has 1 fully saturated rings. The molecule has 0 aromatic rings. The molecule has 1 saturated heterocycles. The normalized spacial score (nSPS) is 24.1. The molecule has 5 nitrogen and oxygen atoms in total. The standard InChI is InChI=1S/C10H23N3O2S.ClH/c1-4-12-16(14,15)13-8-9-10(2,3)6-5-7-11-9;/h9,11-13H,4-8H2,1-3H3;1H. The molecule has 0 aromatic carbocycles. The van der Waals surface area contributed by atoms with E-state index in [9.17, 15) is 8.42 Å². The van der Waals surface area contributed by atoms with Crippen LogP contribution in [0.15, 0.2) is 0 Å². The molecule has 1 rings (SSSR count). The van der Waals surface area contributed by atoms with E-state index < -0.39 is 10.2 Å². The summed E-state index contributed by atoms with van der Waals surface area (Å²) in [4.78, 5) is 0. The van der Waals surface area contributed by atoms with Gasteiger partial charge in [0.1, 0.15) is 0 Å². The van der Waals surface area contributed by atoms with Crippen molar-refractivity contribution in [1.29, 1.82) is 0 Å². The first-order chi connectivity index (χ1) is 7.37. The number of hydrogen-bond donors (Lipinski definition) is 3. The highest BCUT2D eigenvalue weighted by atomic mass is 35.5. The Balaban J connectivity index is 0.00000256. The summed E-state index contributed by atoms with van der Waals surface area (Å²) in [5.41, 5.74) is 0.146. The quantitative estimate of drug-likeness (QED) is 0.694. The van der Waals surface area contributed by atoms with Gasteiger partial charge in [-0.1, -0.05) is 20.8 Å². The van der Waals surface area contributed by atoms with Gasteiger partial charge >= 0.3 is 0 Å². The smallest absolute Gasteiger partial charge is 0.276 e. The predicted octanol–water partition coefficient (Wildman–Crippen LogP) is 0.630. The van der Waals surface area contributed by atoms with Crippen LogP contribution < -0.4 is 14.8 Å². The van der Waals surface area contributed by atoms with Crippen molar-refractivity contribution in [2.75, 3.05) is 19.6 Å². The largest absolute Gasteiger partial charge is 0.312 e. The van der Waals surface area contributed by atoms with Crippen LogP contribution in [0, 0.1) is 5.41 Å². The van der Waals surface area contributed by atoms with Crippen molar-refractivity contribution < 1.29 is 8.42 Å². The lowest BCUT2D eigenvalue weighted by Gasteiger charge is -2.39. The van der Waals surface area contributed by atoms with Crippen LogP contribution >= 0.6 is 12.4 Å². The lowest BCUT2D eigenvalue weighted by atomic mass is 9.78. The summed E-state index contributed by atoms with van der Waals surface area (Å²) in [5.74, 6) is 0. The lowest BCUT2D eigenvalue weighted by Crippen LogP contribution is -2.54. The molecule has 7 heteroatoms. The molecule has 0 saturated carbocycles. The maximum absolute atomic E-state index is 11.4. The van der Waals surface area contributed by atoms with E-state index in [1.54, 1.807) is 6.92 Å². The van der Waals surface area contributed by atoms with Gasteiger partial charge in [-0.25, -0.2) is 9.44 Å². The van der Waals surface area contributed by atoms with Crippen LogP contribution in [0.1, 0.15) is 33.6 Å². The molecule has 1 heterocycles. The van der Waals surface area contributed by atoms with E-state index in [-0.39, 0.29) is 23.9 Å². The Hall–Kier alpha value is 0.120. The molecule has 0 amide bonds. The first-order valence-electron chi connectivity index (χ1n) is 5.85. The topological polar surface area (TPSA) is 70.2 Å². The first kappa shape index (κ1) is 17.1. The van der Waals surface area contributed by atoms with Crippen molar-refractivity contribution in [3.8, 4) is 0 Å². The van der Waals surface area contributed by atoms with Crippen molar-refractivity contribution in [1.82, 2.24) is 14.8 Å². The van der Waals surface area contributed by atoms with Crippen molar-refractivity contribution >= 4 is 22.6 Å². The van der Waals surface area contributed by atoms with Crippen molar-refractivity contribution in [2.24, 2.45) is 5.41 Å². The van der Waals surface area contributed by atoms with Gasteiger partial charge in [-0.2, -0.15) is 8.42 Å². The minimum Gasteiger partial charge on any atom is -0.312 e. The highest BCUT2D eigenvalue weighted by Crippen LogP contribution is 2.29. The zero-order valence-electron chi connectivity index (χ0n) is 10.7. The van der Waals surface area contributed by atoms with Crippen molar-refractivity contribution in [3.05, 3.63) is 0 Å². The van der Waals surface area contributed by atoms with Crippen LogP contribution in [0.5, 0.6) is 0 Å². The van der Waals surface area contributed by atoms with E-state index in [1.807, 2.05) is 0 Å². The molecule has 17 heavy (non-hydrogen) atoms. The first-order valence-corrected chi connectivity index (χ1v) is 7.33. The number of piperidine rings is 1. The van der Waals surface area contributed by atoms with Gasteiger partial charge in [0.2, 0.25) is 0 Å². The molecule has 0 radical (unpaired) electrons. The Kier molecular flexibility index (Phi) is 6.94. The molecule has 3 N–H and O–H groups in total. The number of hydrogen-bond acceptors (Lipinski definition) is 3. The van der Waals surface area contributed by atoms with Crippen LogP contribution in [-0.4, -0.2) is 34.1 Å². The van der Waals surface area contributed by atoms with Gasteiger partial charge in [0, 0.05) is 19.1 Å². The maximum atomic E-state index is 11.4. The fourth-order valence-electron chi connectivity index (χ4n) is 2.05. The van der Waals surface area contributed by atoms with Gasteiger partial charge in [0.05, 0.1) is 0 Å². The molecule has 0 aromatic heterocycles. The van der Waals surface area contributed by atoms with Crippen molar-refractivity contribution in [3.63, 3.8) is 0 Å².